The molecule has 3 rings (SSSR count). The Balaban J connectivity index is 1.67. The van der Waals surface area contributed by atoms with Crippen molar-refractivity contribution in [2.75, 3.05) is 26.0 Å². The molecule has 0 bridgehead atoms. The molecule has 0 aliphatic rings. The number of rotatable bonds is 9. The molecule has 0 aliphatic carbocycles. The van der Waals surface area contributed by atoms with Crippen LogP contribution in [0.2, 0.25) is 0 Å². The highest BCUT2D eigenvalue weighted by Gasteiger charge is 2.21. The molecular formula is C24H25N3O5S. The highest BCUT2D eigenvalue weighted by molar-refractivity contribution is 7.89. The number of carbonyl (C=O) groups is 2. The van der Waals surface area contributed by atoms with Crippen molar-refractivity contribution in [3.8, 4) is 0 Å². The van der Waals surface area contributed by atoms with E-state index in [1.165, 1.54) is 38.4 Å². The molecule has 0 saturated heterocycles. The first-order valence-corrected chi connectivity index (χ1v) is 11.6. The molecule has 0 saturated carbocycles. The second-order valence-electron chi connectivity index (χ2n) is 7.11. The zero-order chi connectivity index (χ0) is 23.8. The van der Waals surface area contributed by atoms with Crippen molar-refractivity contribution in [3.05, 3.63) is 95.6 Å². The minimum Gasteiger partial charge on any atom is -0.352 e. The molecule has 3 aromatic carbocycles. The van der Waals surface area contributed by atoms with Gasteiger partial charge in [-0.1, -0.05) is 46.9 Å². The smallest absolute Gasteiger partial charge is 0.264 e. The molecule has 0 atom stereocenters. The Morgan fingerprint density at radius 2 is 1.52 bits per heavy atom. The summed E-state index contributed by atoms with van der Waals surface area (Å²) < 4.78 is 25.3. The number of nitrogens with one attached hydrogen (secondary N) is 2. The number of carbonyl (C=O) groups excluding carboxylic acids is 2. The van der Waals surface area contributed by atoms with E-state index in [0.717, 1.165) is 10.0 Å². The first kappa shape index (κ1) is 24.1. The molecule has 0 spiro atoms. The molecule has 0 radical (unpaired) electrons. The fourth-order valence-corrected chi connectivity index (χ4v) is 4.04. The Morgan fingerprint density at radius 3 is 2.18 bits per heavy atom. The fourth-order valence-electron chi connectivity index (χ4n) is 3.07. The largest absolute Gasteiger partial charge is 0.352 e. The van der Waals surface area contributed by atoms with Crippen LogP contribution in [0, 0.1) is 0 Å². The molecule has 2 amide bonds. The monoisotopic (exact) mass is 467 g/mol. The summed E-state index contributed by atoms with van der Waals surface area (Å²) >= 11 is 0. The van der Waals surface area contributed by atoms with Gasteiger partial charge in [0.1, 0.15) is 0 Å². The Kier molecular flexibility index (Phi) is 7.94. The zero-order valence-corrected chi connectivity index (χ0v) is 19.1. The number of hydroxylamine groups is 1. The summed E-state index contributed by atoms with van der Waals surface area (Å²) in [4.78, 5) is 30.1. The highest BCUT2D eigenvalue weighted by Crippen LogP contribution is 2.19. The second-order valence-corrected chi connectivity index (χ2v) is 9.05. The fraction of sp³-hybridized carbons (Fsp3) is 0.167. The van der Waals surface area contributed by atoms with Crippen LogP contribution >= 0.6 is 0 Å². The third-order valence-electron chi connectivity index (χ3n) is 4.97. The summed E-state index contributed by atoms with van der Waals surface area (Å²) in [6.45, 7) is 0.455. The molecular weight excluding hydrogens is 442 g/mol. The molecule has 0 unspecified atom stereocenters. The lowest BCUT2D eigenvalue weighted by atomic mass is 10.1. The molecule has 33 heavy (non-hydrogen) atoms. The highest BCUT2D eigenvalue weighted by atomic mass is 32.2. The number of para-hydroxylation sites is 1. The van der Waals surface area contributed by atoms with E-state index < -0.39 is 15.9 Å². The van der Waals surface area contributed by atoms with E-state index in [1.54, 1.807) is 24.3 Å². The van der Waals surface area contributed by atoms with Gasteiger partial charge in [-0.2, -0.15) is 0 Å². The summed E-state index contributed by atoms with van der Waals surface area (Å²) in [6, 6.07) is 21.9. The number of hydrogen-bond acceptors (Lipinski definition) is 5. The number of sulfonamides is 1. The van der Waals surface area contributed by atoms with E-state index >= 15 is 0 Å². The third-order valence-corrected chi connectivity index (χ3v) is 6.67. The van der Waals surface area contributed by atoms with E-state index in [1.807, 2.05) is 30.3 Å². The average molecular weight is 468 g/mol. The van der Waals surface area contributed by atoms with Crippen molar-refractivity contribution in [3.63, 3.8) is 0 Å². The van der Waals surface area contributed by atoms with E-state index in [2.05, 4.69) is 10.6 Å². The van der Waals surface area contributed by atoms with Gasteiger partial charge in [-0.15, -0.1) is 0 Å². The minimum absolute atomic E-state index is 0.0124. The molecule has 3 aromatic rings. The summed E-state index contributed by atoms with van der Waals surface area (Å²) in [6.07, 6.45) is 0.689. The molecule has 0 aromatic heterocycles. The normalized spacial score (nSPS) is 11.2. The van der Waals surface area contributed by atoms with Crippen LogP contribution in [0.5, 0.6) is 0 Å². The van der Waals surface area contributed by atoms with E-state index in [-0.39, 0.29) is 16.4 Å². The van der Waals surface area contributed by atoms with Crippen molar-refractivity contribution >= 4 is 27.5 Å². The van der Waals surface area contributed by atoms with Crippen molar-refractivity contribution in [2.45, 2.75) is 11.3 Å². The predicted octanol–water partition coefficient (Wildman–Crippen LogP) is 3.09. The van der Waals surface area contributed by atoms with Gasteiger partial charge in [-0.05, 0) is 48.4 Å². The summed E-state index contributed by atoms with van der Waals surface area (Å²) in [5.41, 5.74) is 2.05. The summed E-state index contributed by atoms with van der Waals surface area (Å²) in [5, 5.41) is 5.59. The first-order chi connectivity index (χ1) is 15.8. The maximum Gasteiger partial charge on any atom is 0.264 e. The standard InChI is InChI=1S/C24H25N3O5S/c1-27(32-2)33(30,31)20-14-12-19(13-15-20)23(28)26-22-11-7-6-10-21(22)24(29)25-17-16-18-8-4-3-5-9-18/h3-15H,16-17H2,1-2H3,(H,25,29)(H,26,28). The second kappa shape index (κ2) is 10.9. The number of hydrogen-bond donors (Lipinski definition) is 2. The van der Waals surface area contributed by atoms with Crippen LogP contribution in [-0.2, 0) is 21.3 Å². The van der Waals surface area contributed by atoms with Crippen LogP contribution in [0.1, 0.15) is 26.3 Å². The van der Waals surface area contributed by atoms with Gasteiger partial charge in [-0.3, -0.25) is 14.4 Å². The number of nitrogens with zero attached hydrogens (tertiary/aromatic N) is 1. The Bertz CT molecular complexity index is 1210. The Morgan fingerprint density at radius 1 is 0.879 bits per heavy atom. The lowest BCUT2D eigenvalue weighted by molar-refractivity contribution is -0.0258. The first-order valence-electron chi connectivity index (χ1n) is 10.2. The Hall–Kier alpha value is -3.53. The van der Waals surface area contributed by atoms with E-state index in [4.69, 9.17) is 4.84 Å². The SMILES string of the molecule is CON(C)S(=O)(=O)c1ccc(C(=O)Nc2ccccc2C(=O)NCCc2ccccc2)cc1. The molecule has 0 aliphatic heterocycles. The van der Waals surface area contributed by atoms with Crippen LogP contribution in [0.25, 0.3) is 0 Å². The van der Waals surface area contributed by atoms with Crippen molar-refractivity contribution in [1.29, 1.82) is 0 Å². The average Bonchev–Trinajstić information content (AvgIpc) is 2.84. The third kappa shape index (κ3) is 6.04. The van der Waals surface area contributed by atoms with Crippen molar-refractivity contribution in [2.24, 2.45) is 0 Å². The number of anilines is 1. The van der Waals surface area contributed by atoms with Gasteiger partial charge >= 0.3 is 0 Å². The zero-order valence-electron chi connectivity index (χ0n) is 18.3. The lowest BCUT2D eigenvalue weighted by Gasteiger charge is -2.14. The van der Waals surface area contributed by atoms with Crippen molar-refractivity contribution in [1.82, 2.24) is 9.79 Å². The summed E-state index contributed by atoms with van der Waals surface area (Å²) in [5.74, 6) is -0.769. The van der Waals surface area contributed by atoms with Crippen LogP contribution in [0.4, 0.5) is 5.69 Å². The lowest BCUT2D eigenvalue weighted by Crippen LogP contribution is -2.27. The van der Waals surface area contributed by atoms with Gasteiger partial charge in [0, 0.05) is 19.2 Å². The molecule has 2 N–H and O–H groups in total. The molecule has 172 valence electrons. The van der Waals surface area contributed by atoms with Gasteiger partial charge in [0.2, 0.25) is 0 Å². The number of benzene rings is 3. The number of amides is 2. The van der Waals surface area contributed by atoms with Gasteiger partial charge < -0.3 is 10.6 Å². The quantitative estimate of drug-likeness (QED) is 0.471. The predicted molar refractivity (Wildman–Crippen MR) is 125 cm³/mol. The van der Waals surface area contributed by atoms with Crippen LogP contribution in [0.15, 0.2) is 83.8 Å². The molecule has 0 heterocycles. The van der Waals surface area contributed by atoms with Crippen LogP contribution in [-0.4, -0.2) is 45.4 Å². The molecule has 8 nitrogen and oxygen atoms in total. The van der Waals surface area contributed by atoms with Gasteiger partial charge in [-0.25, -0.2) is 8.42 Å². The van der Waals surface area contributed by atoms with E-state index in [9.17, 15) is 18.0 Å². The van der Waals surface area contributed by atoms with Crippen LogP contribution < -0.4 is 10.6 Å². The van der Waals surface area contributed by atoms with Crippen molar-refractivity contribution < 1.29 is 22.8 Å². The van der Waals surface area contributed by atoms with Crippen LogP contribution in [0.3, 0.4) is 0 Å². The Labute approximate surface area is 193 Å². The minimum atomic E-state index is -3.81. The maximum atomic E-state index is 12.7. The molecule has 0 fully saturated rings. The summed E-state index contributed by atoms with van der Waals surface area (Å²) in [7, 11) is -1.29. The van der Waals surface area contributed by atoms with E-state index in [0.29, 0.717) is 24.2 Å². The van der Waals surface area contributed by atoms with Gasteiger partial charge in [0.05, 0.1) is 23.3 Å². The molecule has 9 heteroatoms. The maximum absolute atomic E-state index is 12.7. The topological polar surface area (TPSA) is 105 Å². The van der Waals surface area contributed by atoms with Gasteiger partial charge in [0.15, 0.2) is 0 Å². The van der Waals surface area contributed by atoms with Gasteiger partial charge in [0.25, 0.3) is 21.8 Å².